The minimum atomic E-state index is -1.18. The van der Waals surface area contributed by atoms with Crippen LogP contribution in [0.1, 0.15) is 55.5 Å². The number of aromatic hydroxyl groups is 2. The van der Waals surface area contributed by atoms with Crippen molar-refractivity contribution in [2.24, 2.45) is 5.92 Å². The van der Waals surface area contributed by atoms with E-state index >= 15 is 0 Å². The lowest BCUT2D eigenvalue weighted by atomic mass is 10.00. The number of benzene rings is 1. The number of phenolic OH excluding ortho intramolecular Hbond substituents is 1. The Labute approximate surface area is 113 Å². The third kappa shape index (κ3) is 4.81. The maximum Gasteiger partial charge on any atom is 0.339 e. The molecule has 0 amide bonds. The summed E-state index contributed by atoms with van der Waals surface area (Å²) in [7, 11) is 0. The first-order chi connectivity index (χ1) is 8.91. The van der Waals surface area contributed by atoms with Gasteiger partial charge in [0.05, 0.1) is 0 Å². The van der Waals surface area contributed by atoms with Crippen molar-refractivity contribution in [2.45, 2.75) is 46.0 Å². The van der Waals surface area contributed by atoms with Crippen molar-refractivity contribution in [3.05, 3.63) is 23.3 Å². The van der Waals surface area contributed by atoms with Gasteiger partial charge in [0.2, 0.25) is 0 Å². The van der Waals surface area contributed by atoms with Gasteiger partial charge in [-0.25, -0.2) is 4.79 Å². The average Bonchev–Trinajstić information content (AvgIpc) is 2.30. The van der Waals surface area contributed by atoms with Crippen molar-refractivity contribution >= 4 is 5.97 Å². The van der Waals surface area contributed by atoms with Gasteiger partial charge in [-0.3, -0.25) is 0 Å². The highest BCUT2D eigenvalue weighted by atomic mass is 16.4. The second kappa shape index (κ2) is 7.02. The number of hydrogen-bond donors (Lipinski definition) is 3. The summed E-state index contributed by atoms with van der Waals surface area (Å²) in [5.41, 5.74) is 0.426. The Morgan fingerprint density at radius 1 is 1.11 bits per heavy atom. The molecule has 0 saturated carbocycles. The molecule has 0 aliphatic rings. The summed E-state index contributed by atoms with van der Waals surface area (Å²) >= 11 is 0. The van der Waals surface area contributed by atoms with Gasteiger partial charge in [-0.1, -0.05) is 33.1 Å². The normalized spacial score (nSPS) is 10.9. The Balaban J connectivity index is 2.58. The highest BCUT2D eigenvalue weighted by Crippen LogP contribution is 2.28. The van der Waals surface area contributed by atoms with E-state index in [0.717, 1.165) is 25.3 Å². The summed E-state index contributed by atoms with van der Waals surface area (Å²) in [6, 6.07) is 2.46. The van der Waals surface area contributed by atoms with Gasteiger partial charge in [0.1, 0.15) is 17.1 Å². The minimum absolute atomic E-state index is 0.0358. The molecule has 4 heteroatoms. The Morgan fingerprint density at radius 2 is 1.79 bits per heavy atom. The lowest BCUT2D eigenvalue weighted by molar-refractivity contribution is 0.0693. The van der Waals surface area contributed by atoms with E-state index in [1.807, 2.05) is 0 Å². The van der Waals surface area contributed by atoms with Crippen LogP contribution in [0.4, 0.5) is 0 Å². The van der Waals surface area contributed by atoms with Crippen molar-refractivity contribution in [3.63, 3.8) is 0 Å². The maximum atomic E-state index is 10.9. The number of unbranched alkanes of at least 4 members (excludes halogenated alkanes) is 2. The van der Waals surface area contributed by atoms with Crippen LogP contribution in [0, 0.1) is 5.92 Å². The molecule has 1 aromatic carbocycles. The number of carboxylic acids is 1. The van der Waals surface area contributed by atoms with Crippen LogP contribution in [0.25, 0.3) is 0 Å². The van der Waals surface area contributed by atoms with Crippen molar-refractivity contribution in [1.29, 1.82) is 0 Å². The molecule has 0 spiro atoms. The Morgan fingerprint density at radius 3 is 2.37 bits per heavy atom. The predicted octanol–water partition coefficient (Wildman–Crippen LogP) is 3.55. The molecule has 1 aromatic rings. The lowest BCUT2D eigenvalue weighted by Gasteiger charge is -2.08. The lowest BCUT2D eigenvalue weighted by Crippen LogP contribution is -1.99. The molecule has 0 unspecified atom stereocenters. The van der Waals surface area contributed by atoms with Crippen LogP contribution in [0.5, 0.6) is 11.5 Å². The van der Waals surface area contributed by atoms with E-state index in [-0.39, 0.29) is 11.3 Å². The molecule has 0 radical (unpaired) electrons. The average molecular weight is 266 g/mol. The fourth-order valence-electron chi connectivity index (χ4n) is 2.04. The highest BCUT2D eigenvalue weighted by Gasteiger charge is 2.13. The van der Waals surface area contributed by atoms with Crippen LogP contribution >= 0.6 is 0 Å². The largest absolute Gasteiger partial charge is 0.508 e. The van der Waals surface area contributed by atoms with E-state index in [1.54, 1.807) is 0 Å². The zero-order chi connectivity index (χ0) is 14.4. The molecular weight excluding hydrogens is 244 g/mol. The van der Waals surface area contributed by atoms with Gasteiger partial charge in [0.25, 0.3) is 0 Å². The van der Waals surface area contributed by atoms with Crippen LogP contribution < -0.4 is 0 Å². The fourth-order valence-corrected chi connectivity index (χ4v) is 2.04. The predicted molar refractivity (Wildman–Crippen MR) is 73.7 cm³/mol. The molecule has 0 aliphatic carbocycles. The number of hydrogen-bond acceptors (Lipinski definition) is 3. The highest BCUT2D eigenvalue weighted by molar-refractivity contribution is 5.91. The monoisotopic (exact) mass is 266 g/mol. The summed E-state index contributed by atoms with van der Waals surface area (Å²) < 4.78 is 0. The molecule has 1 rings (SSSR count). The first-order valence-corrected chi connectivity index (χ1v) is 6.70. The van der Waals surface area contributed by atoms with E-state index in [2.05, 4.69) is 13.8 Å². The number of phenols is 2. The van der Waals surface area contributed by atoms with E-state index in [9.17, 15) is 15.0 Å². The standard InChI is InChI=1S/C15H22O4/c1-10(2)6-4-3-5-7-11-8-12(15(18)19)14(17)9-13(11)16/h8-10,16-17H,3-7H2,1-2H3,(H,18,19). The Kier molecular flexibility index (Phi) is 5.67. The molecule has 0 saturated heterocycles. The van der Waals surface area contributed by atoms with Gasteiger partial charge >= 0.3 is 5.97 Å². The second-order valence-electron chi connectivity index (χ2n) is 5.30. The maximum absolute atomic E-state index is 10.9. The molecule has 0 atom stereocenters. The van der Waals surface area contributed by atoms with Gasteiger partial charge < -0.3 is 15.3 Å². The van der Waals surface area contributed by atoms with Gasteiger partial charge in [-0.15, -0.1) is 0 Å². The van der Waals surface area contributed by atoms with Gasteiger partial charge in [0, 0.05) is 6.07 Å². The SMILES string of the molecule is CC(C)CCCCCc1cc(C(=O)O)c(O)cc1O. The smallest absolute Gasteiger partial charge is 0.339 e. The number of rotatable bonds is 7. The quantitative estimate of drug-likeness (QED) is 0.659. The molecule has 4 nitrogen and oxygen atoms in total. The van der Waals surface area contributed by atoms with Gasteiger partial charge in [-0.05, 0) is 30.4 Å². The molecule has 3 N–H and O–H groups in total. The number of carboxylic acid groups (broad SMARTS) is 1. The zero-order valence-electron chi connectivity index (χ0n) is 11.5. The van der Waals surface area contributed by atoms with Crippen LogP contribution in [0.3, 0.4) is 0 Å². The molecule has 0 aromatic heterocycles. The summed E-state index contributed by atoms with van der Waals surface area (Å²) in [5.74, 6) is -0.917. The van der Waals surface area contributed by atoms with Gasteiger partial charge in [0.15, 0.2) is 0 Å². The van der Waals surface area contributed by atoms with Crippen LogP contribution in [-0.2, 0) is 6.42 Å². The van der Waals surface area contributed by atoms with Crippen LogP contribution in [0.2, 0.25) is 0 Å². The van der Waals surface area contributed by atoms with E-state index < -0.39 is 11.7 Å². The van der Waals surface area contributed by atoms with Crippen LogP contribution in [-0.4, -0.2) is 21.3 Å². The van der Waals surface area contributed by atoms with Crippen molar-refractivity contribution in [3.8, 4) is 11.5 Å². The van der Waals surface area contributed by atoms with E-state index in [0.29, 0.717) is 17.9 Å². The van der Waals surface area contributed by atoms with Gasteiger partial charge in [-0.2, -0.15) is 0 Å². The number of aryl methyl sites for hydroxylation is 1. The van der Waals surface area contributed by atoms with Crippen molar-refractivity contribution < 1.29 is 20.1 Å². The topological polar surface area (TPSA) is 77.8 Å². The summed E-state index contributed by atoms with van der Waals surface area (Å²) in [4.78, 5) is 10.9. The molecule has 0 fully saturated rings. The third-order valence-corrected chi connectivity index (χ3v) is 3.15. The summed E-state index contributed by atoms with van der Waals surface area (Å²) in [6.45, 7) is 4.37. The molecule has 19 heavy (non-hydrogen) atoms. The number of carbonyl (C=O) groups is 1. The molecular formula is C15H22O4. The molecule has 0 aliphatic heterocycles. The third-order valence-electron chi connectivity index (χ3n) is 3.15. The first kappa shape index (κ1) is 15.3. The fraction of sp³-hybridized carbons (Fsp3) is 0.533. The summed E-state index contributed by atoms with van der Waals surface area (Å²) in [5, 5.41) is 28.0. The second-order valence-corrected chi connectivity index (χ2v) is 5.30. The Hall–Kier alpha value is -1.71. The van der Waals surface area contributed by atoms with Crippen LogP contribution in [0.15, 0.2) is 12.1 Å². The minimum Gasteiger partial charge on any atom is -0.508 e. The summed E-state index contributed by atoms with van der Waals surface area (Å²) in [6.07, 6.45) is 4.92. The van der Waals surface area contributed by atoms with Crippen molar-refractivity contribution in [1.82, 2.24) is 0 Å². The molecule has 0 heterocycles. The van der Waals surface area contributed by atoms with E-state index in [4.69, 9.17) is 5.11 Å². The Bertz CT molecular complexity index is 438. The molecule has 0 bridgehead atoms. The van der Waals surface area contributed by atoms with Crippen molar-refractivity contribution in [2.75, 3.05) is 0 Å². The first-order valence-electron chi connectivity index (χ1n) is 6.70. The number of aromatic carboxylic acids is 1. The molecule has 106 valence electrons. The zero-order valence-corrected chi connectivity index (χ0v) is 11.5. The van der Waals surface area contributed by atoms with E-state index in [1.165, 1.54) is 12.5 Å².